The van der Waals surface area contributed by atoms with Crippen molar-refractivity contribution in [3.05, 3.63) is 24.0 Å². The van der Waals surface area contributed by atoms with E-state index < -0.39 is 0 Å². The standard InChI is InChI=1S/C11H16N6/c1-2-3-4-5-9-8-13-16-11(9)17-15-10-6-7-12-14-10/h6-8H,2-5H2,1H3,(H,12,14)(H,13,16). The summed E-state index contributed by atoms with van der Waals surface area (Å²) in [5.41, 5.74) is 1.11. The minimum Gasteiger partial charge on any atom is -0.260 e. The summed E-state index contributed by atoms with van der Waals surface area (Å²) in [5, 5.41) is 21.5. The van der Waals surface area contributed by atoms with Crippen molar-refractivity contribution < 1.29 is 0 Å². The quantitative estimate of drug-likeness (QED) is 0.591. The molecule has 2 N–H and O–H groups in total. The maximum atomic E-state index is 4.12. The lowest BCUT2D eigenvalue weighted by Crippen LogP contribution is -1.82. The van der Waals surface area contributed by atoms with Gasteiger partial charge in [0.15, 0.2) is 11.6 Å². The first-order chi connectivity index (χ1) is 8.40. The molecular formula is C11H16N6. The van der Waals surface area contributed by atoms with Crippen LogP contribution < -0.4 is 0 Å². The topological polar surface area (TPSA) is 82.1 Å². The molecule has 0 aliphatic carbocycles. The van der Waals surface area contributed by atoms with Gasteiger partial charge in [-0.05, 0) is 12.8 Å². The van der Waals surface area contributed by atoms with Crippen LogP contribution in [0.25, 0.3) is 0 Å². The zero-order valence-electron chi connectivity index (χ0n) is 9.85. The van der Waals surface area contributed by atoms with E-state index in [0.717, 1.165) is 24.2 Å². The van der Waals surface area contributed by atoms with Crippen LogP contribution in [0.2, 0.25) is 0 Å². The van der Waals surface area contributed by atoms with Gasteiger partial charge in [-0.15, -0.1) is 10.2 Å². The van der Waals surface area contributed by atoms with Gasteiger partial charge in [0.2, 0.25) is 0 Å². The highest BCUT2D eigenvalue weighted by atomic mass is 15.3. The number of aromatic amines is 2. The number of aromatic nitrogens is 4. The molecule has 2 rings (SSSR count). The van der Waals surface area contributed by atoms with Crippen LogP contribution in [0.3, 0.4) is 0 Å². The van der Waals surface area contributed by atoms with Crippen LogP contribution in [0, 0.1) is 0 Å². The molecule has 0 saturated heterocycles. The Kier molecular flexibility index (Phi) is 4.01. The van der Waals surface area contributed by atoms with Crippen LogP contribution in [-0.2, 0) is 6.42 Å². The Morgan fingerprint density at radius 3 is 2.88 bits per heavy atom. The van der Waals surface area contributed by atoms with E-state index >= 15 is 0 Å². The van der Waals surface area contributed by atoms with Gasteiger partial charge in [-0.2, -0.15) is 10.2 Å². The first-order valence-corrected chi connectivity index (χ1v) is 5.83. The third-order valence-corrected chi connectivity index (χ3v) is 2.49. The molecule has 6 heteroatoms. The van der Waals surface area contributed by atoms with Gasteiger partial charge < -0.3 is 0 Å². The van der Waals surface area contributed by atoms with E-state index in [-0.39, 0.29) is 0 Å². The van der Waals surface area contributed by atoms with Crippen molar-refractivity contribution in [2.75, 3.05) is 0 Å². The zero-order chi connectivity index (χ0) is 11.9. The second-order valence-electron chi connectivity index (χ2n) is 3.84. The van der Waals surface area contributed by atoms with Gasteiger partial charge in [-0.3, -0.25) is 10.2 Å². The number of rotatable bonds is 6. The number of H-pyrrole nitrogens is 2. The van der Waals surface area contributed by atoms with Gasteiger partial charge in [0.25, 0.3) is 0 Å². The van der Waals surface area contributed by atoms with Crippen molar-refractivity contribution in [2.45, 2.75) is 32.6 Å². The Hall–Kier alpha value is -1.98. The van der Waals surface area contributed by atoms with Gasteiger partial charge in [-0.1, -0.05) is 19.8 Å². The van der Waals surface area contributed by atoms with Gasteiger partial charge in [-0.25, -0.2) is 0 Å². The average molecular weight is 232 g/mol. The second-order valence-corrected chi connectivity index (χ2v) is 3.84. The number of hydrogen-bond acceptors (Lipinski definition) is 4. The maximum Gasteiger partial charge on any atom is 0.173 e. The largest absolute Gasteiger partial charge is 0.260 e. The van der Waals surface area contributed by atoms with Crippen molar-refractivity contribution in [2.24, 2.45) is 10.2 Å². The fourth-order valence-electron chi connectivity index (χ4n) is 1.55. The predicted molar refractivity (Wildman–Crippen MR) is 64.6 cm³/mol. The summed E-state index contributed by atoms with van der Waals surface area (Å²) in [7, 11) is 0. The summed E-state index contributed by atoms with van der Waals surface area (Å²) in [6, 6.07) is 1.76. The van der Waals surface area contributed by atoms with Crippen molar-refractivity contribution in [3.8, 4) is 0 Å². The summed E-state index contributed by atoms with van der Waals surface area (Å²) >= 11 is 0. The predicted octanol–water partition coefficient (Wildman–Crippen LogP) is 3.28. The maximum absolute atomic E-state index is 4.12. The zero-order valence-corrected chi connectivity index (χ0v) is 9.85. The number of nitrogens with one attached hydrogen (secondary N) is 2. The third-order valence-electron chi connectivity index (χ3n) is 2.49. The van der Waals surface area contributed by atoms with Crippen molar-refractivity contribution in [1.29, 1.82) is 0 Å². The molecule has 2 aromatic heterocycles. The Labute approximate surface area is 99.6 Å². The Morgan fingerprint density at radius 2 is 2.12 bits per heavy atom. The second kappa shape index (κ2) is 5.93. The molecular weight excluding hydrogens is 216 g/mol. The van der Waals surface area contributed by atoms with E-state index in [0.29, 0.717) is 5.82 Å². The summed E-state index contributed by atoms with van der Waals surface area (Å²) < 4.78 is 0. The first-order valence-electron chi connectivity index (χ1n) is 5.83. The number of aryl methyl sites for hydroxylation is 1. The summed E-state index contributed by atoms with van der Waals surface area (Å²) in [6.45, 7) is 2.19. The molecule has 2 aromatic rings. The molecule has 90 valence electrons. The van der Waals surface area contributed by atoms with Crippen LogP contribution in [-0.4, -0.2) is 20.4 Å². The Bertz CT molecular complexity index is 456. The molecule has 17 heavy (non-hydrogen) atoms. The molecule has 0 amide bonds. The molecule has 2 heterocycles. The van der Waals surface area contributed by atoms with Crippen LogP contribution >= 0.6 is 0 Å². The van der Waals surface area contributed by atoms with Crippen LogP contribution in [0.4, 0.5) is 11.6 Å². The highest BCUT2D eigenvalue weighted by Gasteiger charge is 2.03. The van der Waals surface area contributed by atoms with Gasteiger partial charge >= 0.3 is 0 Å². The lowest BCUT2D eigenvalue weighted by molar-refractivity contribution is 0.717. The molecule has 0 unspecified atom stereocenters. The molecule has 0 aliphatic rings. The molecule has 6 nitrogen and oxygen atoms in total. The number of hydrogen-bond donors (Lipinski definition) is 2. The number of nitrogens with zero attached hydrogens (tertiary/aromatic N) is 4. The molecule has 0 bridgehead atoms. The van der Waals surface area contributed by atoms with E-state index in [2.05, 4.69) is 37.5 Å². The van der Waals surface area contributed by atoms with Crippen LogP contribution in [0.5, 0.6) is 0 Å². The molecule has 0 spiro atoms. The fourth-order valence-corrected chi connectivity index (χ4v) is 1.55. The van der Waals surface area contributed by atoms with Crippen LogP contribution in [0.1, 0.15) is 31.7 Å². The molecule has 0 radical (unpaired) electrons. The Morgan fingerprint density at radius 1 is 1.18 bits per heavy atom. The fraction of sp³-hybridized carbons (Fsp3) is 0.455. The van der Waals surface area contributed by atoms with E-state index in [1.165, 1.54) is 12.8 Å². The lowest BCUT2D eigenvalue weighted by atomic mass is 10.1. The normalized spacial score (nSPS) is 11.4. The summed E-state index contributed by atoms with van der Waals surface area (Å²) in [6.07, 6.45) is 8.04. The first kappa shape index (κ1) is 11.5. The molecule has 0 aliphatic heterocycles. The lowest BCUT2D eigenvalue weighted by Gasteiger charge is -1.96. The van der Waals surface area contributed by atoms with E-state index in [1.807, 2.05) is 6.20 Å². The monoisotopic (exact) mass is 232 g/mol. The van der Waals surface area contributed by atoms with Crippen molar-refractivity contribution >= 4 is 11.6 Å². The third kappa shape index (κ3) is 3.24. The smallest absolute Gasteiger partial charge is 0.173 e. The number of unbranched alkanes of at least 4 members (excludes halogenated alkanes) is 2. The molecule has 0 aromatic carbocycles. The van der Waals surface area contributed by atoms with Crippen molar-refractivity contribution in [1.82, 2.24) is 20.4 Å². The van der Waals surface area contributed by atoms with Gasteiger partial charge in [0.1, 0.15) is 0 Å². The molecule has 0 atom stereocenters. The summed E-state index contributed by atoms with van der Waals surface area (Å²) in [5.74, 6) is 1.37. The highest BCUT2D eigenvalue weighted by molar-refractivity contribution is 5.36. The minimum absolute atomic E-state index is 0.638. The molecule has 0 saturated carbocycles. The summed E-state index contributed by atoms with van der Waals surface area (Å²) in [4.78, 5) is 0. The van der Waals surface area contributed by atoms with Crippen molar-refractivity contribution in [3.63, 3.8) is 0 Å². The van der Waals surface area contributed by atoms with E-state index in [1.54, 1.807) is 12.3 Å². The minimum atomic E-state index is 0.638. The van der Waals surface area contributed by atoms with Crippen LogP contribution in [0.15, 0.2) is 28.7 Å². The van der Waals surface area contributed by atoms with E-state index in [4.69, 9.17) is 0 Å². The average Bonchev–Trinajstić information content (AvgIpc) is 2.97. The highest BCUT2D eigenvalue weighted by Crippen LogP contribution is 2.20. The Balaban J connectivity index is 1.98. The SMILES string of the molecule is CCCCCc1cn[nH]c1N=Nc1ccn[nH]1. The number of azo groups is 1. The van der Waals surface area contributed by atoms with Gasteiger partial charge in [0, 0.05) is 11.6 Å². The molecule has 0 fully saturated rings. The van der Waals surface area contributed by atoms with E-state index in [9.17, 15) is 0 Å². The van der Waals surface area contributed by atoms with Gasteiger partial charge in [0.05, 0.1) is 12.4 Å².